The van der Waals surface area contributed by atoms with Crippen molar-refractivity contribution in [2.75, 3.05) is 0 Å². The Bertz CT molecular complexity index is 945. The molecule has 4 nitrogen and oxygen atoms in total. The van der Waals surface area contributed by atoms with E-state index in [0.717, 1.165) is 18.4 Å². The lowest BCUT2D eigenvalue weighted by Crippen LogP contribution is -2.04. The number of hydrogen-bond donors (Lipinski definition) is 1. The summed E-state index contributed by atoms with van der Waals surface area (Å²) in [5.74, 6) is -1.43. The summed E-state index contributed by atoms with van der Waals surface area (Å²) in [5, 5.41) is 13.5. The molecule has 0 fully saturated rings. The van der Waals surface area contributed by atoms with Crippen LogP contribution in [0.4, 0.5) is 4.39 Å². The summed E-state index contributed by atoms with van der Waals surface area (Å²) in [6, 6.07) is 13.7. The van der Waals surface area contributed by atoms with Crippen molar-refractivity contribution < 1.29 is 14.3 Å². The van der Waals surface area contributed by atoms with Gasteiger partial charge >= 0.3 is 5.97 Å². The van der Waals surface area contributed by atoms with Crippen LogP contribution in [0.25, 0.3) is 16.9 Å². The first-order valence-corrected chi connectivity index (χ1v) is 8.33. The molecule has 0 saturated carbocycles. The maximum Gasteiger partial charge on any atom is 0.356 e. The zero-order chi connectivity index (χ0) is 17.4. The van der Waals surface area contributed by atoms with Gasteiger partial charge in [-0.05, 0) is 73.2 Å². The van der Waals surface area contributed by atoms with Crippen LogP contribution in [-0.4, -0.2) is 20.9 Å². The Morgan fingerprint density at radius 2 is 1.72 bits per heavy atom. The molecule has 0 radical (unpaired) electrons. The summed E-state index contributed by atoms with van der Waals surface area (Å²) in [7, 11) is 0. The smallest absolute Gasteiger partial charge is 0.356 e. The van der Waals surface area contributed by atoms with Crippen molar-refractivity contribution in [3.05, 3.63) is 71.2 Å². The molecule has 2 aromatic carbocycles. The Hall–Kier alpha value is -2.95. The van der Waals surface area contributed by atoms with E-state index in [1.54, 1.807) is 22.9 Å². The maximum atomic E-state index is 13.2. The number of rotatable bonds is 3. The molecule has 25 heavy (non-hydrogen) atoms. The third kappa shape index (κ3) is 2.93. The first-order chi connectivity index (χ1) is 12.1. The summed E-state index contributed by atoms with van der Waals surface area (Å²) in [6.07, 6.45) is 4.52. The topological polar surface area (TPSA) is 55.1 Å². The van der Waals surface area contributed by atoms with Crippen molar-refractivity contribution in [1.82, 2.24) is 9.78 Å². The molecule has 1 N–H and O–H groups in total. The molecule has 0 spiro atoms. The van der Waals surface area contributed by atoms with Gasteiger partial charge in [0.2, 0.25) is 0 Å². The van der Waals surface area contributed by atoms with Crippen molar-refractivity contribution >= 4 is 5.97 Å². The molecule has 0 bridgehead atoms. The number of aromatic nitrogens is 2. The maximum absolute atomic E-state index is 13.2. The number of fused-ring (bicyclic) bond motifs is 1. The van der Waals surface area contributed by atoms with Crippen LogP contribution in [-0.2, 0) is 12.8 Å². The van der Waals surface area contributed by atoms with Crippen LogP contribution in [0.5, 0.6) is 0 Å². The minimum absolute atomic E-state index is 0.0305. The van der Waals surface area contributed by atoms with Crippen LogP contribution in [0.3, 0.4) is 0 Å². The standard InChI is InChI=1S/C20H17FN2O2/c21-16-7-9-17(10-8-16)23-19(12-18(22-23)20(24)25)15-6-5-13-3-1-2-4-14(13)11-15/h5-12H,1-4H2,(H,24,25). The number of carboxylic acid groups (broad SMARTS) is 1. The first kappa shape index (κ1) is 15.6. The zero-order valence-corrected chi connectivity index (χ0v) is 13.6. The van der Waals surface area contributed by atoms with Crippen LogP contribution >= 0.6 is 0 Å². The van der Waals surface area contributed by atoms with E-state index < -0.39 is 5.97 Å². The molecule has 126 valence electrons. The van der Waals surface area contributed by atoms with Gasteiger partial charge in [-0.15, -0.1) is 0 Å². The summed E-state index contributed by atoms with van der Waals surface area (Å²) in [4.78, 5) is 11.4. The molecule has 5 heteroatoms. The molecule has 0 unspecified atom stereocenters. The largest absolute Gasteiger partial charge is 0.476 e. The number of aromatic carboxylic acids is 1. The number of carbonyl (C=O) groups is 1. The van der Waals surface area contributed by atoms with Crippen LogP contribution in [0.2, 0.25) is 0 Å². The van der Waals surface area contributed by atoms with Gasteiger partial charge in [-0.1, -0.05) is 12.1 Å². The summed E-state index contributed by atoms with van der Waals surface area (Å²) in [6.45, 7) is 0. The number of benzene rings is 2. The third-order valence-electron chi connectivity index (χ3n) is 4.64. The van der Waals surface area contributed by atoms with Crippen molar-refractivity contribution in [2.24, 2.45) is 0 Å². The van der Waals surface area contributed by atoms with E-state index in [0.29, 0.717) is 11.4 Å². The molecular weight excluding hydrogens is 319 g/mol. The van der Waals surface area contributed by atoms with E-state index in [9.17, 15) is 14.3 Å². The van der Waals surface area contributed by atoms with E-state index >= 15 is 0 Å². The normalized spacial score (nSPS) is 13.5. The highest BCUT2D eigenvalue weighted by Gasteiger charge is 2.18. The monoisotopic (exact) mass is 336 g/mol. The van der Waals surface area contributed by atoms with Gasteiger partial charge in [0.05, 0.1) is 11.4 Å². The molecule has 1 aliphatic rings. The van der Waals surface area contributed by atoms with E-state index in [4.69, 9.17) is 0 Å². The predicted octanol–water partition coefficient (Wildman–Crippen LogP) is 4.26. The second-order valence-corrected chi connectivity index (χ2v) is 6.30. The molecule has 1 aliphatic carbocycles. The highest BCUT2D eigenvalue weighted by Crippen LogP contribution is 2.29. The van der Waals surface area contributed by atoms with E-state index in [2.05, 4.69) is 17.2 Å². The van der Waals surface area contributed by atoms with Crippen molar-refractivity contribution in [3.8, 4) is 16.9 Å². The lowest BCUT2D eigenvalue weighted by atomic mass is 9.90. The molecule has 0 aliphatic heterocycles. The van der Waals surface area contributed by atoms with Crippen LogP contribution in [0.15, 0.2) is 48.5 Å². The lowest BCUT2D eigenvalue weighted by molar-refractivity contribution is 0.0690. The van der Waals surface area contributed by atoms with Gasteiger partial charge in [0, 0.05) is 5.56 Å². The molecule has 1 heterocycles. The van der Waals surface area contributed by atoms with Gasteiger partial charge in [0.15, 0.2) is 5.69 Å². The van der Waals surface area contributed by atoms with Gasteiger partial charge in [0.1, 0.15) is 5.82 Å². The summed E-state index contributed by atoms with van der Waals surface area (Å²) >= 11 is 0. The van der Waals surface area contributed by atoms with Gasteiger partial charge in [-0.2, -0.15) is 5.10 Å². The second kappa shape index (κ2) is 6.16. The minimum Gasteiger partial charge on any atom is -0.476 e. The second-order valence-electron chi connectivity index (χ2n) is 6.30. The lowest BCUT2D eigenvalue weighted by Gasteiger charge is -2.17. The number of nitrogens with zero attached hydrogens (tertiary/aromatic N) is 2. The van der Waals surface area contributed by atoms with E-state index in [1.165, 1.54) is 36.1 Å². The first-order valence-electron chi connectivity index (χ1n) is 8.33. The Kier molecular flexibility index (Phi) is 3.84. The number of aryl methyl sites for hydroxylation is 2. The average Bonchev–Trinajstić information content (AvgIpc) is 3.07. The Labute approximate surface area is 144 Å². The molecule has 1 aromatic heterocycles. The predicted molar refractivity (Wildman–Crippen MR) is 92.6 cm³/mol. The van der Waals surface area contributed by atoms with Gasteiger partial charge in [0.25, 0.3) is 0 Å². The van der Waals surface area contributed by atoms with Gasteiger partial charge in [-0.3, -0.25) is 0 Å². The Morgan fingerprint density at radius 1 is 1.00 bits per heavy atom. The quantitative estimate of drug-likeness (QED) is 0.778. The fourth-order valence-corrected chi connectivity index (χ4v) is 3.36. The fraction of sp³-hybridized carbons (Fsp3) is 0.200. The molecule has 0 saturated heterocycles. The Morgan fingerprint density at radius 3 is 2.44 bits per heavy atom. The minimum atomic E-state index is -1.08. The zero-order valence-electron chi connectivity index (χ0n) is 13.6. The van der Waals surface area contributed by atoms with E-state index in [-0.39, 0.29) is 11.5 Å². The summed E-state index contributed by atoms with van der Waals surface area (Å²) in [5.41, 5.74) is 4.88. The van der Waals surface area contributed by atoms with E-state index in [1.807, 2.05) is 6.07 Å². The van der Waals surface area contributed by atoms with Gasteiger partial charge < -0.3 is 5.11 Å². The van der Waals surface area contributed by atoms with Crippen molar-refractivity contribution in [1.29, 1.82) is 0 Å². The SMILES string of the molecule is O=C(O)c1cc(-c2ccc3c(c2)CCCC3)n(-c2ccc(F)cc2)n1. The van der Waals surface area contributed by atoms with Crippen LogP contribution in [0.1, 0.15) is 34.5 Å². The summed E-state index contributed by atoms with van der Waals surface area (Å²) < 4.78 is 14.8. The van der Waals surface area contributed by atoms with Crippen molar-refractivity contribution in [2.45, 2.75) is 25.7 Å². The molecule has 0 atom stereocenters. The number of halogens is 1. The fourth-order valence-electron chi connectivity index (χ4n) is 3.36. The third-order valence-corrected chi connectivity index (χ3v) is 4.64. The number of hydrogen-bond acceptors (Lipinski definition) is 2. The molecule has 4 rings (SSSR count). The number of carboxylic acids is 1. The van der Waals surface area contributed by atoms with Gasteiger partial charge in [-0.25, -0.2) is 13.9 Å². The molecule has 0 amide bonds. The molecule has 3 aromatic rings. The average molecular weight is 336 g/mol. The Balaban J connectivity index is 1.85. The highest BCUT2D eigenvalue weighted by molar-refractivity contribution is 5.87. The van der Waals surface area contributed by atoms with Crippen molar-refractivity contribution in [3.63, 3.8) is 0 Å². The highest BCUT2D eigenvalue weighted by atomic mass is 19.1. The molecular formula is C20H17FN2O2. The van der Waals surface area contributed by atoms with Crippen LogP contribution in [0, 0.1) is 5.82 Å². The van der Waals surface area contributed by atoms with Crippen LogP contribution < -0.4 is 0 Å².